The molecule has 2 aromatic carbocycles. The highest BCUT2D eigenvalue weighted by atomic mass is 16.5. The number of fused-ring (bicyclic) bond motifs is 1. The van der Waals surface area contributed by atoms with Crippen LogP contribution in [0.4, 0.5) is 11.5 Å². The summed E-state index contributed by atoms with van der Waals surface area (Å²) in [6.07, 6.45) is 1.42. The lowest BCUT2D eigenvalue weighted by molar-refractivity contribution is -0.112. The van der Waals surface area contributed by atoms with E-state index in [1.807, 2.05) is 78.2 Å². The van der Waals surface area contributed by atoms with Gasteiger partial charge in [0.25, 0.3) is 5.91 Å². The fourth-order valence-electron chi connectivity index (χ4n) is 4.43. The van der Waals surface area contributed by atoms with E-state index in [4.69, 9.17) is 10.5 Å². The summed E-state index contributed by atoms with van der Waals surface area (Å²) in [6, 6.07) is 20.7. The number of anilines is 2. The maximum Gasteiger partial charge on any atom is 0.250 e. The van der Waals surface area contributed by atoms with Gasteiger partial charge in [0.2, 0.25) is 5.88 Å². The Kier molecular flexibility index (Phi) is 7.07. The Balaban J connectivity index is 1.62. The number of nitrogens with zero attached hydrogens (tertiary/aromatic N) is 4. The first kappa shape index (κ1) is 25.6. The van der Waals surface area contributed by atoms with E-state index in [9.17, 15) is 9.90 Å². The SMILES string of the molecule is C=C(C)C(=O)Nc1ccc(-c2c(-c3ccc(Oc4cccc(C)n4)cc3)c3c(N)ncnc3n2CCO)cc1. The number of pyridine rings is 1. The number of hydrogen-bond donors (Lipinski definition) is 3. The molecule has 196 valence electrons. The molecule has 39 heavy (non-hydrogen) atoms. The summed E-state index contributed by atoms with van der Waals surface area (Å²) in [7, 11) is 0. The monoisotopic (exact) mass is 520 g/mol. The van der Waals surface area contributed by atoms with Crippen molar-refractivity contribution in [3.05, 3.63) is 90.9 Å². The molecule has 4 N–H and O–H groups in total. The van der Waals surface area contributed by atoms with Gasteiger partial charge in [0, 0.05) is 35.1 Å². The fourth-order valence-corrected chi connectivity index (χ4v) is 4.43. The van der Waals surface area contributed by atoms with Crippen LogP contribution in [0.5, 0.6) is 11.6 Å². The average Bonchev–Trinajstić information content (AvgIpc) is 3.25. The predicted octanol–water partition coefficient (Wildman–Crippen LogP) is 5.35. The van der Waals surface area contributed by atoms with Gasteiger partial charge in [0.05, 0.1) is 17.7 Å². The summed E-state index contributed by atoms with van der Waals surface area (Å²) in [6.45, 7) is 7.46. The summed E-state index contributed by atoms with van der Waals surface area (Å²) in [5.41, 5.74) is 12.3. The molecule has 5 rings (SSSR count). The molecule has 0 saturated heterocycles. The lowest BCUT2D eigenvalue weighted by atomic mass is 9.98. The molecule has 3 heterocycles. The maximum atomic E-state index is 12.1. The highest BCUT2D eigenvalue weighted by molar-refractivity contribution is 6.08. The van der Waals surface area contributed by atoms with Crippen LogP contribution < -0.4 is 15.8 Å². The smallest absolute Gasteiger partial charge is 0.250 e. The Hall–Kier alpha value is -5.02. The maximum absolute atomic E-state index is 12.1. The number of hydrogen-bond acceptors (Lipinski definition) is 7. The fraction of sp³-hybridized carbons (Fsp3) is 0.133. The Bertz CT molecular complexity index is 1670. The summed E-state index contributed by atoms with van der Waals surface area (Å²) >= 11 is 0. The van der Waals surface area contributed by atoms with Crippen LogP contribution in [0.1, 0.15) is 12.6 Å². The van der Waals surface area contributed by atoms with E-state index in [0.717, 1.165) is 28.1 Å². The Labute approximate surface area is 225 Å². The molecular formula is C30H28N6O3. The number of ether oxygens (including phenoxy) is 1. The minimum Gasteiger partial charge on any atom is -0.439 e. The summed E-state index contributed by atoms with van der Waals surface area (Å²) < 4.78 is 7.88. The molecule has 0 bridgehead atoms. The second-order valence-corrected chi connectivity index (χ2v) is 9.11. The molecule has 0 fully saturated rings. The zero-order chi connectivity index (χ0) is 27.5. The highest BCUT2D eigenvalue weighted by Crippen LogP contribution is 2.42. The van der Waals surface area contributed by atoms with Crippen molar-refractivity contribution in [2.24, 2.45) is 0 Å². The number of carbonyl (C=O) groups is 1. The molecular weight excluding hydrogens is 492 g/mol. The predicted molar refractivity (Wildman–Crippen MR) is 152 cm³/mol. The minimum absolute atomic E-state index is 0.0941. The van der Waals surface area contributed by atoms with Gasteiger partial charge in [0.1, 0.15) is 23.5 Å². The number of nitrogens with one attached hydrogen (secondary N) is 1. The number of aliphatic hydroxyl groups excluding tert-OH is 1. The first-order valence-corrected chi connectivity index (χ1v) is 12.4. The summed E-state index contributed by atoms with van der Waals surface area (Å²) in [5, 5.41) is 13.4. The molecule has 0 aliphatic rings. The number of rotatable bonds is 8. The molecule has 0 saturated carbocycles. The van der Waals surface area contributed by atoms with Gasteiger partial charge in [0.15, 0.2) is 0 Å². The molecule has 0 unspecified atom stereocenters. The van der Waals surface area contributed by atoms with Crippen molar-refractivity contribution in [3.63, 3.8) is 0 Å². The molecule has 0 atom stereocenters. The van der Waals surface area contributed by atoms with Crippen LogP contribution in [-0.2, 0) is 11.3 Å². The standard InChI is InChI=1S/C30H28N6O3/c1-18(2)30(38)35-22-11-7-21(8-12-22)27-25(26-28(31)32-17-33-29(26)36(27)15-16-37)20-9-13-23(14-10-20)39-24-6-4-5-19(3)34-24/h4-14,17,37H,1,15-16H2,2-3H3,(H,35,38)(H2,31,32,33). The molecule has 9 nitrogen and oxygen atoms in total. The normalized spacial score (nSPS) is 10.9. The van der Waals surface area contributed by atoms with Crippen molar-refractivity contribution in [1.82, 2.24) is 19.5 Å². The van der Waals surface area contributed by atoms with E-state index >= 15 is 0 Å². The number of nitrogen functional groups attached to an aromatic ring is 1. The van der Waals surface area contributed by atoms with Gasteiger partial charge in [-0.15, -0.1) is 0 Å². The zero-order valence-electron chi connectivity index (χ0n) is 21.7. The van der Waals surface area contributed by atoms with Crippen molar-refractivity contribution in [2.75, 3.05) is 17.7 Å². The molecule has 0 aliphatic carbocycles. The number of aromatic nitrogens is 4. The van der Waals surface area contributed by atoms with Gasteiger partial charge >= 0.3 is 0 Å². The van der Waals surface area contributed by atoms with Crippen LogP contribution in [0.25, 0.3) is 33.4 Å². The van der Waals surface area contributed by atoms with Gasteiger partial charge in [-0.2, -0.15) is 0 Å². The third-order valence-electron chi connectivity index (χ3n) is 6.22. The zero-order valence-corrected chi connectivity index (χ0v) is 21.7. The molecule has 3 aromatic heterocycles. The van der Waals surface area contributed by atoms with Crippen molar-refractivity contribution in [2.45, 2.75) is 20.4 Å². The Morgan fingerprint density at radius 3 is 2.44 bits per heavy atom. The highest BCUT2D eigenvalue weighted by Gasteiger charge is 2.23. The average molecular weight is 521 g/mol. The van der Waals surface area contributed by atoms with Crippen LogP contribution in [0.3, 0.4) is 0 Å². The topological polar surface area (TPSA) is 128 Å². The lowest BCUT2D eigenvalue weighted by Gasteiger charge is -2.13. The van der Waals surface area contributed by atoms with E-state index in [2.05, 4.69) is 26.8 Å². The molecule has 5 aromatic rings. The third-order valence-corrected chi connectivity index (χ3v) is 6.22. The van der Waals surface area contributed by atoms with Crippen LogP contribution >= 0.6 is 0 Å². The number of aliphatic hydroxyl groups is 1. The molecule has 1 amide bonds. The van der Waals surface area contributed by atoms with E-state index in [1.165, 1.54) is 6.33 Å². The minimum atomic E-state index is -0.246. The number of nitrogens with two attached hydrogens (primary N) is 1. The quantitative estimate of drug-likeness (QED) is 0.235. The molecule has 9 heteroatoms. The number of benzene rings is 2. The van der Waals surface area contributed by atoms with Gasteiger partial charge in [-0.1, -0.05) is 36.9 Å². The number of amides is 1. The van der Waals surface area contributed by atoms with E-state index < -0.39 is 0 Å². The first-order chi connectivity index (χ1) is 18.9. The van der Waals surface area contributed by atoms with Crippen LogP contribution in [-0.4, -0.2) is 37.1 Å². The lowest BCUT2D eigenvalue weighted by Crippen LogP contribution is -2.11. The summed E-state index contributed by atoms with van der Waals surface area (Å²) in [5.74, 6) is 1.24. The number of aryl methyl sites for hydroxylation is 1. The van der Waals surface area contributed by atoms with Gasteiger partial charge in [-0.3, -0.25) is 4.79 Å². The van der Waals surface area contributed by atoms with Crippen molar-refractivity contribution in [1.29, 1.82) is 0 Å². The van der Waals surface area contributed by atoms with Crippen molar-refractivity contribution in [3.8, 4) is 34.0 Å². The molecule has 0 radical (unpaired) electrons. The van der Waals surface area contributed by atoms with Gasteiger partial charge in [-0.05, 0) is 55.3 Å². The van der Waals surface area contributed by atoms with E-state index in [-0.39, 0.29) is 12.5 Å². The molecule has 0 spiro atoms. The summed E-state index contributed by atoms with van der Waals surface area (Å²) in [4.78, 5) is 25.2. The van der Waals surface area contributed by atoms with Gasteiger partial charge < -0.3 is 25.5 Å². The Morgan fingerprint density at radius 2 is 1.77 bits per heavy atom. The second kappa shape index (κ2) is 10.8. The number of carbonyl (C=O) groups excluding carboxylic acids is 1. The third kappa shape index (κ3) is 5.21. The first-order valence-electron chi connectivity index (χ1n) is 12.4. The van der Waals surface area contributed by atoms with Crippen LogP contribution in [0.2, 0.25) is 0 Å². The van der Waals surface area contributed by atoms with Crippen molar-refractivity contribution >= 4 is 28.4 Å². The van der Waals surface area contributed by atoms with E-state index in [1.54, 1.807) is 6.92 Å². The van der Waals surface area contributed by atoms with Gasteiger partial charge in [-0.25, -0.2) is 15.0 Å². The van der Waals surface area contributed by atoms with E-state index in [0.29, 0.717) is 46.3 Å². The van der Waals surface area contributed by atoms with Crippen LogP contribution in [0.15, 0.2) is 85.2 Å². The van der Waals surface area contributed by atoms with Crippen LogP contribution in [0, 0.1) is 6.92 Å². The largest absolute Gasteiger partial charge is 0.439 e. The Morgan fingerprint density at radius 1 is 1.05 bits per heavy atom. The van der Waals surface area contributed by atoms with Crippen molar-refractivity contribution < 1.29 is 14.6 Å². The second-order valence-electron chi connectivity index (χ2n) is 9.11. The molecule has 0 aliphatic heterocycles.